The van der Waals surface area contributed by atoms with Crippen LogP contribution in [0.15, 0.2) is 0 Å². The summed E-state index contributed by atoms with van der Waals surface area (Å²) in [7, 11) is 3.44. The van der Waals surface area contributed by atoms with E-state index in [1.807, 2.05) is 25.8 Å². The number of ether oxygens (including phenoxy) is 1. The lowest BCUT2D eigenvalue weighted by Crippen LogP contribution is -2.53. The van der Waals surface area contributed by atoms with E-state index in [1.54, 1.807) is 7.11 Å². The molecule has 15 heavy (non-hydrogen) atoms. The van der Waals surface area contributed by atoms with Crippen molar-refractivity contribution in [1.82, 2.24) is 10.2 Å². The number of methoxy groups -OCH3 is 1. The van der Waals surface area contributed by atoms with Gasteiger partial charge in [0.15, 0.2) is 0 Å². The summed E-state index contributed by atoms with van der Waals surface area (Å²) >= 11 is 0. The third-order valence-electron chi connectivity index (χ3n) is 3.16. The van der Waals surface area contributed by atoms with Crippen molar-refractivity contribution in [3.8, 4) is 0 Å². The average molecular weight is 214 g/mol. The zero-order chi connectivity index (χ0) is 11.5. The van der Waals surface area contributed by atoms with E-state index in [1.165, 1.54) is 0 Å². The maximum absolute atomic E-state index is 12.1. The average Bonchev–Trinajstić information content (AvgIpc) is 2.28. The predicted molar refractivity (Wildman–Crippen MR) is 59.7 cm³/mol. The lowest BCUT2D eigenvalue weighted by atomic mass is 10.0. The van der Waals surface area contributed by atoms with Crippen LogP contribution >= 0.6 is 0 Å². The van der Waals surface area contributed by atoms with E-state index in [2.05, 4.69) is 5.32 Å². The molecular weight excluding hydrogens is 192 g/mol. The molecule has 1 aliphatic rings. The summed E-state index contributed by atoms with van der Waals surface area (Å²) in [6, 6.07) is 0.306. The maximum Gasteiger partial charge on any atom is 0.254 e. The minimum absolute atomic E-state index is 0.0544. The molecule has 1 unspecified atom stereocenters. The second-order valence-electron chi connectivity index (χ2n) is 4.63. The lowest BCUT2D eigenvalue weighted by molar-refractivity contribution is -0.152. The van der Waals surface area contributed by atoms with Crippen LogP contribution in [0.2, 0.25) is 0 Å². The van der Waals surface area contributed by atoms with Crippen molar-refractivity contribution in [3.05, 3.63) is 0 Å². The van der Waals surface area contributed by atoms with Gasteiger partial charge in [0.2, 0.25) is 0 Å². The van der Waals surface area contributed by atoms with Crippen molar-refractivity contribution < 1.29 is 9.53 Å². The molecule has 0 aromatic rings. The van der Waals surface area contributed by atoms with Gasteiger partial charge < -0.3 is 15.0 Å². The molecule has 1 atom stereocenters. The highest BCUT2D eigenvalue weighted by Crippen LogP contribution is 2.16. The Kier molecular flexibility index (Phi) is 4.11. The third-order valence-corrected chi connectivity index (χ3v) is 3.16. The number of rotatable bonds is 3. The van der Waals surface area contributed by atoms with Gasteiger partial charge in [-0.05, 0) is 33.2 Å². The van der Waals surface area contributed by atoms with E-state index in [0.717, 1.165) is 25.9 Å². The smallest absolute Gasteiger partial charge is 0.254 e. The van der Waals surface area contributed by atoms with E-state index >= 15 is 0 Å². The number of hydrogen-bond acceptors (Lipinski definition) is 3. The van der Waals surface area contributed by atoms with E-state index < -0.39 is 5.60 Å². The molecule has 0 aromatic heterocycles. The largest absolute Gasteiger partial charge is 0.369 e. The van der Waals surface area contributed by atoms with E-state index in [-0.39, 0.29) is 5.91 Å². The summed E-state index contributed by atoms with van der Waals surface area (Å²) in [4.78, 5) is 13.9. The Labute approximate surface area is 92.0 Å². The van der Waals surface area contributed by atoms with Gasteiger partial charge in [-0.3, -0.25) is 4.79 Å². The van der Waals surface area contributed by atoms with Gasteiger partial charge in [0, 0.05) is 26.7 Å². The number of nitrogens with one attached hydrogen (secondary N) is 1. The molecule has 1 N–H and O–H groups in total. The Morgan fingerprint density at radius 2 is 2.20 bits per heavy atom. The fourth-order valence-corrected chi connectivity index (χ4v) is 1.84. The highest BCUT2D eigenvalue weighted by atomic mass is 16.5. The Bertz CT molecular complexity index is 223. The summed E-state index contributed by atoms with van der Waals surface area (Å²) in [6.45, 7) is 5.57. The van der Waals surface area contributed by atoms with E-state index in [4.69, 9.17) is 4.74 Å². The first kappa shape index (κ1) is 12.5. The summed E-state index contributed by atoms with van der Waals surface area (Å²) < 4.78 is 5.20. The zero-order valence-corrected chi connectivity index (χ0v) is 10.2. The third kappa shape index (κ3) is 2.92. The molecule has 0 saturated carbocycles. The summed E-state index contributed by atoms with van der Waals surface area (Å²) in [6.07, 6.45) is 2.21. The second-order valence-corrected chi connectivity index (χ2v) is 4.63. The standard InChI is InChI=1S/C11H22N2O2/c1-11(2,15-4)10(14)13(3)9-6-5-7-12-8-9/h9,12H,5-8H2,1-4H3. The molecule has 0 aliphatic carbocycles. The highest BCUT2D eigenvalue weighted by molar-refractivity contribution is 5.84. The zero-order valence-electron chi connectivity index (χ0n) is 10.2. The minimum Gasteiger partial charge on any atom is -0.369 e. The number of amides is 1. The Morgan fingerprint density at radius 3 is 2.67 bits per heavy atom. The molecule has 1 aliphatic heterocycles. The molecule has 4 nitrogen and oxygen atoms in total. The van der Waals surface area contributed by atoms with Gasteiger partial charge in [-0.25, -0.2) is 0 Å². The summed E-state index contributed by atoms with van der Waals surface area (Å²) in [5, 5.41) is 3.31. The highest BCUT2D eigenvalue weighted by Gasteiger charge is 2.33. The van der Waals surface area contributed by atoms with Crippen LogP contribution < -0.4 is 5.32 Å². The Morgan fingerprint density at radius 1 is 1.53 bits per heavy atom. The topological polar surface area (TPSA) is 41.6 Å². The second kappa shape index (κ2) is 4.94. The van der Waals surface area contributed by atoms with Crippen LogP contribution in [0.5, 0.6) is 0 Å². The van der Waals surface area contributed by atoms with E-state index in [0.29, 0.717) is 6.04 Å². The number of hydrogen-bond donors (Lipinski definition) is 1. The number of carbonyl (C=O) groups is 1. The van der Waals surface area contributed by atoms with Gasteiger partial charge in [0.05, 0.1) is 0 Å². The van der Waals surface area contributed by atoms with Crippen LogP contribution in [0.3, 0.4) is 0 Å². The van der Waals surface area contributed by atoms with Crippen LogP contribution in [-0.4, -0.2) is 49.7 Å². The van der Waals surface area contributed by atoms with Crippen LogP contribution in [0, 0.1) is 0 Å². The quantitative estimate of drug-likeness (QED) is 0.749. The number of piperidine rings is 1. The van der Waals surface area contributed by atoms with Crippen LogP contribution in [0.1, 0.15) is 26.7 Å². The molecule has 1 fully saturated rings. The number of nitrogens with zero attached hydrogens (tertiary/aromatic N) is 1. The van der Waals surface area contributed by atoms with Crippen molar-refractivity contribution in [2.75, 3.05) is 27.2 Å². The van der Waals surface area contributed by atoms with Crippen molar-refractivity contribution in [3.63, 3.8) is 0 Å². The summed E-state index contributed by atoms with van der Waals surface area (Å²) in [5.41, 5.74) is -0.716. The minimum atomic E-state index is -0.716. The molecule has 88 valence electrons. The van der Waals surface area contributed by atoms with Gasteiger partial charge in [-0.1, -0.05) is 0 Å². The fourth-order valence-electron chi connectivity index (χ4n) is 1.84. The molecular formula is C11H22N2O2. The van der Waals surface area contributed by atoms with Crippen molar-refractivity contribution in [1.29, 1.82) is 0 Å². The molecule has 0 bridgehead atoms. The first-order valence-corrected chi connectivity index (χ1v) is 5.52. The maximum atomic E-state index is 12.1. The molecule has 0 radical (unpaired) electrons. The first-order valence-electron chi connectivity index (χ1n) is 5.52. The first-order chi connectivity index (χ1) is 6.99. The normalized spacial score (nSPS) is 22.5. The molecule has 1 heterocycles. The van der Waals surface area contributed by atoms with Crippen molar-refractivity contribution >= 4 is 5.91 Å². The molecule has 1 saturated heterocycles. The van der Waals surface area contributed by atoms with Crippen molar-refractivity contribution in [2.24, 2.45) is 0 Å². The van der Waals surface area contributed by atoms with Crippen molar-refractivity contribution in [2.45, 2.75) is 38.3 Å². The lowest BCUT2D eigenvalue weighted by Gasteiger charge is -2.36. The summed E-state index contributed by atoms with van der Waals surface area (Å²) in [5.74, 6) is 0.0544. The molecule has 0 aromatic carbocycles. The van der Waals surface area contributed by atoms with Gasteiger partial charge in [0.1, 0.15) is 5.60 Å². The number of carbonyl (C=O) groups excluding carboxylic acids is 1. The fraction of sp³-hybridized carbons (Fsp3) is 0.909. The van der Waals surface area contributed by atoms with Crippen LogP contribution in [0.25, 0.3) is 0 Å². The number of likely N-dealkylation sites (N-methyl/N-ethyl adjacent to an activating group) is 1. The van der Waals surface area contributed by atoms with Gasteiger partial charge >= 0.3 is 0 Å². The predicted octanol–water partition coefficient (Wildman–Crippen LogP) is 0.622. The Hall–Kier alpha value is -0.610. The van der Waals surface area contributed by atoms with Gasteiger partial charge in [-0.15, -0.1) is 0 Å². The van der Waals surface area contributed by atoms with Crippen LogP contribution in [0.4, 0.5) is 0 Å². The SMILES string of the molecule is COC(C)(C)C(=O)N(C)C1CCCNC1. The Balaban J connectivity index is 2.58. The molecule has 4 heteroatoms. The monoisotopic (exact) mass is 214 g/mol. The molecule has 1 amide bonds. The molecule has 1 rings (SSSR count). The molecule has 0 spiro atoms. The van der Waals surface area contributed by atoms with Gasteiger partial charge in [-0.2, -0.15) is 0 Å². The van der Waals surface area contributed by atoms with E-state index in [9.17, 15) is 4.79 Å². The van der Waals surface area contributed by atoms with Crippen LogP contribution in [-0.2, 0) is 9.53 Å². The van der Waals surface area contributed by atoms with Gasteiger partial charge in [0.25, 0.3) is 5.91 Å².